The van der Waals surface area contributed by atoms with Crippen LogP contribution in [0.5, 0.6) is 0 Å². The summed E-state index contributed by atoms with van der Waals surface area (Å²) in [5.74, 6) is 0. The van der Waals surface area contributed by atoms with Crippen LogP contribution in [0, 0.1) is 13.8 Å². The minimum atomic E-state index is 0.710. The van der Waals surface area contributed by atoms with Crippen LogP contribution < -0.4 is 5.43 Å². The number of hydrazone groups is 1. The number of rotatable bonds is 3. The smallest absolute Gasteiger partial charge is 0.194 e. The van der Waals surface area contributed by atoms with Gasteiger partial charge in [-0.1, -0.05) is 11.6 Å². The van der Waals surface area contributed by atoms with Gasteiger partial charge in [-0.25, -0.2) is 4.98 Å². The molecule has 20 heavy (non-hydrogen) atoms. The van der Waals surface area contributed by atoms with E-state index in [1.54, 1.807) is 17.6 Å². The molecule has 2 heterocycles. The predicted octanol–water partition coefficient (Wildman–Crippen LogP) is 4.11. The monoisotopic (exact) mass is 304 g/mol. The van der Waals surface area contributed by atoms with Gasteiger partial charge in [0.25, 0.3) is 0 Å². The first-order valence-corrected chi connectivity index (χ1v) is 7.38. The average Bonchev–Trinajstić information content (AvgIpc) is 2.93. The topological polar surface area (TPSA) is 41.7 Å². The second kappa shape index (κ2) is 5.26. The van der Waals surface area contributed by atoms with Gasteiger partial charge in [0.15, 0.2) is 4.96 Å². The molecule has 0 saturated heterocycles. The van der Waals surface area contributed by atoms with Gasteiger partial charge in [-0.15, -0.1) is 11.3 Å². The molecule has 1 aromatic carbocycles. The van der Waals surface area contributed by atoms with Gasteiger partial charge in [0, 0.05) is 16.1 Å². The fraction of sp³-hybridized carbons (Fsp3) is 0.143. The van der Waals surface area contributed by atoms with E-state index in [0.29, 0.717) is 5.02 Å². The molecule has 1 N–H and O–H groups in total. The Bertz CT molecular complexity index is 770. The molecule has 4 nitrogen and oxygen atoms in total. The van der Waals surface area contributed by atoms with Crippen molar-refractivity contribution in [1.82, 2.24) is 9.38 Å². The van der Waals surface area contributed by atoms with Crippen molar-refractivity contribution in [2.75, 3.05) is 5.43 Å². The fourth-order valence-electron chi connectivity index (χ4n) is 1.97. The van der Waals surface area contributed by atoms with Crippen molar-refractivity contribution in [3.63, 3.8) is 0 Å². The summed E-state index contributed by atoms with van der Waals surface area (Å²) >= 11 is 7.48. The Labute approximate surface area is 125 Å². The van der Waals surface area contributed by atoms with E-state index >= 15 is 0 Å². The molecule has 0 aliphatic rings. The molecule has 3 rings (SSSR count). The molecule has 0 amide bonds. The van der Waals surface area contributed by atoms with Crippen molar-refractivity contribution in [2.45, 2.75) is 13.8 Å². The highest BCUT2D eigenvalue weighted by molar-refractivity contribution is 7.15. The van der Waals surface area contributed by atoms with E-state index in [4.69, 9.17) is 11.6 Å². The van der Waals surface area contributed by atoms with E-state index in [9.17, 15) is 0 Å². The Hall–Kier alpha value is -1.85. The summed E-state index contributed by atoms with van der Waals surface area (Å²) in [4.78, 5) is 5.51. The van der Waals surface area contributed by atoms with Crippen LogP contribution in [-0.2, 0) is 0 Å². The van der Waals surface area contributed by atoms with Gasteiger partial charge in [-0.05, 0) is 38.1 Å². The molecule has 0 bridgehead atoms. The van der Waals surface area contributed by atoms with Gasteiger partial charge >= 0.3 is 0 Å². The molecule has 0 spiro atoms. The number of benzene rings is 1. The lowest BCUT2D eigenvalue weighted by atomic mass is 10.3. The Morgan fingerprint density at radius 2 is 2.05 bits per heavy atom. The Morgan fingerprint density at radius 1 is 1.30 bits per heavy atom. The molecule has 0 saturated carbocycles. The van der Waals surface area contributed by atoms with Crippen LogP contribution in [0.25, 0.3) is 4.96 Å². The van der Waals surface area contributed by atoms with Crippen LogP contribution in [0.15, 0.2) is 34.7 Å². The van der Waals surface area contributed by atoms with Crippen LogP contribution in [0.2, 0.25) is 5.02 Å². The molecule has 0 radical (unpaired) electrons. The lowest BCUT2D eigenvalue weighted by Gasteiger charge is -2.00. The van der Waals surface area contributed by atoms with Crippen LogP contribution >= 0.6 is 22.9 Å². The summed E-state index contributed by atoms with van der Waals surface area (Å²) < 4.78 is 2.10. The second-order valence-electron chi connectivity index (χ2n) is 4.45. The number of halogens is 1. The average molecular weight is 305 g/mol. The van der Waals surface area contributed by atoms with Crippen LogP contribution in [0.1, 0.15) is 17.1 Å². The Morgan fingerprint density at radius 3 is 2.80 bits per heavy atom. The summed E-state index contributed by atoms with van der Waals surface area (Å²) in [6, 6.07) is 7.41. The number of hydrogen-bond donors (Lipinski definition) is 1. The zero-order chi connectivity index (χ0) is 14.1. The number of aromatic nitrogens is 2. The molecule has 0 atom stereocenters. The third-order valence-electron chi connectivity index (χ3n) is 2.98. The molecule has 0 aliphatic carbocycles. The lowest BCUT2D eigenvalue weighted by Crippen LogP contribution is -1.96. The van der Waals surface area contributed by atoms with Gasteiger partial charge < -0.3 is 0 Å². The Balaban J connectivity index is 1.85. The second-order valence-corrected chi connectivity index (χ2v) is 5.73. The number of nitrogens with zero attached hydrogens (tertiary/aromatic N) is 3. The maximum absolute atomic E-state index is 5.84. The summed E-state index contributed by atoms with van der Waals surface area (Å²) in [6.45, 7) is 4.05. The maximum Gasteiger partial charge on any atom is 0.194 e. The highest BCUT2D eigenvalue weighted by atomic mass is 35.5. The molecule has 0 unspecified atom stereocenters. The van der Waals surface area contributed by atoms with E-state index < -0.39 is 0 Å². The summed E-state index contributed by atoms with van der Waals surface area (Å²) in [6.07, 6.45) is 1.80. The third kappa shape index (κ3) is 2.42. The lowest BCUT2D eigenvalue weighted by molar-refractivity contribution is 1.11. The zero-order valence-electron chi connectivity index (χ0n) is 11.1. The minimum absolute atomic E-state index is 0.710. The largest absolute Gasteiger partial charge is 0.286 e. The quantitative estimate of drug-likeness (QED) is 0.584. The first-order chi connectivity index (χ1) is 9.65. The minimum Gasteiger partial charge on any atom is -0.286 e. The predicted molar refractivity (Wildman–Crippen MR) is 85.2 cm³/mol. The van der Waals surface area contributed by atoms with Crippen LogP contribution in [-0.4, -0.2) is 15.6 Å². The van der Waals surface area contributed by atoms with E-state index in [1.165, 1.54) is 5.69 Å². The van der Waals surface area contributed by atoms with Gasteiger partial charge in [-0.2, -0.15) is 5.10 Å². The normalized spacial score (nSPS) is 11.6. The van der Waals surface area contributed by atoms with Gasteiger partial charge in [0.1, 0.15) is 0 Å². The number of nitrogens with one attached hydrogen (secondary N) is 1. The molecule has 0 aliphatic heterocycles. The fourth-order valence-corrected chi connectivity index (χ4v) is 3.01. The van der Waals surface area contributed by atoms with E-state index in [2.05, 4.69) is 32.2 Å². The summed E-state index contributed by atoms with van der Waals surface area (Å²) in [5, 5.41) is 7.07. The highest BCUT2D eigenvalue weighted by Crippen LogP contribution is 2.19. The van der Waals surface area contributed by atoms with E-state index in [0.717, 1.165) is 22.0 Å². The maximum atomic E-state index is 5.84. The number of aryl methyl sites for hydroxylation is 2. The molecular weight excluding hydrogens is 292 g/mol. The number of imidazole rings is 1. The number of anilines is 1. The highest BCUT2D eigenvalue weighted by Gasteiger charge is 2.09. The molecule has 6 heteroatoms. The van der Waals surface area contributed by atoms with Crippen LogP contribution in [0.4, 0.5) is 5.69 Å². The summed E-state index contributed by atoms with van der Waals surface area (Å²) in [5.41, 5.74) is 7.02. The van der Waals surface area contributed by atoms with Gasteiger partial charge in [-0.3, -0.25) is 9.83 Å². The van der Waals surface area contributed by atoms with Crippen molar-refractivity contribution in [1.29, 1.82) is 0 Å². The van der Waals surface area contributed by atoms with Gasteiger partial charge in [0.05, 0.1) is 23.3 Å². The third-order valence-corrected chi connectivity index (χ3v) is 4.17. The number of thiazole rings is 1. The van der Waals surface area contributed by atoms with Crippen molar-refractivity contribution in [3.05, 3.63) is 51.7 Å². The van der Waals surface area contributed by atoms with Crippen LogP contribution in [0.3, 0.4) is 0 Å². The number of hydrogen-bond acceptors (Lipinski definition) is 4. The molecular formula is C14H13ClN4S. The first-order valence-electron chi connectivity index (χ1n) is 6.13. The molecule has 0 fully saturated rings. The van der Waals surface area contributed by atoms with Crippen molar-refractivity contribution >= 4 is 39.8 Å². The molecule has 3 aromatic rings. The van der Waals surface area contributed by atoms with Gasteiger partial charge in [0.2, 0.25) is 0 Å². The summed E-state index contributed by atoms with van der Waals surface area (Å²) in [7, 11) is 0. The van der Waals surface area contributed by atoms with Crippen molar-refractivity contribution < 1.29 is 0 Å². The zero-order valence-corrected chi connectivity index (χ0v) is 12.7. The van der Waals surface area contributed by atoms with Crippen molar-refractivity contribution in [2.24, 2.45) is 5.10 Å². The number of fused-ring (bicyclic) bond motifs is 1. The van der Waals surface area contributed by atoms with E-state index in [1.807, 2.05) is 31.2 Å². The first kappa shape index (κ1) is 13.1. The van der Waals surface area contributed by atoms with E-state index in [-0.39, 0.29) is 0 Å². The molecule has 102 valence electrons. The SMILES string of the molecule is Cc1nc2scc(C)n2c1/C=N\Nc1ccc(Cl)cc1. The Kier molecular flexibility index (Phi) is 3.46. The molecule has 2 aromatic heterocycles. The van der Waals surface area contributed by atoms with Crippen molar-refractivity contribution in [3.8, 4) is 0 Å². The standard InChI is InChI=1S/C14H13ClN4S/c1-9-8-20-14-17-10(2)13(19(9)14)7-16-18-12-5-3-11(15)4-6-12/h3-8,18H,1-2H3/b16-7-.